The Labute approximate surface area is 145 Å². The molecular weight excluding hydrogens is 324 g/mol. The van der Waals surface area contributed by atoms with E-state index in [0.29, 0.717) is 10.9 Å². The van der Waals surface area contributed by atoms with E-state index in [1.54, 1.807) is 26.0 Å². The average molecular weight is 346 g/mol. The number of phenols is 1. The molecule has 0 saturated carbocycles. The molecule has 0 amide bonds. The molecule has 0 aliphatic rings. The zero-order valence-electron chi connectivity index (χ0n) is 14.7. The Balaban J connectivity index is 2.35. The van der Waals surface area contributed by atoms with E-state index in [4.69, 9.17) is 9.15 Å². The van der Waals surface area contributed by atoms with Crippen LogP contribution in [-0.4, -0.2) is 27.9 Å². The Morgan fingerprint density at radius 1 is 1.32 bits per heavy atom. The number of hydrogen-bond acceptors (Lipinski definition) is 6. The van der Waals surface area contributed by atoms with E-state index in [1.807, 2.05) is 0 Å². The van der Waals surface area contributed by atoms with E-state index in [2.05, 4.69) is 0 Å². The van der Waals surface area contributed by atoms with Gasteiger partial charge in [0.1, 0.15) is 17.4 Å². The Hall–Kier alpha value is -2.60. The second kappa shape index (κ2) is 7.11. The van der Waals surface area contributed by atoms with Crippen molar-refractivity contribution in [1.29, 1.82) is 0 Å². The molecule has 6 heteroatoms. The van der Waals surface area contributed by atoms with Gasteiger partial charge in [0, 0.05) is 30.0 Å². The third kappa shape index (κ3) is 4.93. The number of carbonyl (C=O) groups is 1. The van der Waals surface area contributed by atoms with Crippen LogP contribution < -0.4 is 5.63 Å². The van der Waals surface area contributed by atoms with Crippen molar-refractivity contribution in [3.63, 3.8) is 0 Å². The number of phenolic OH excluding ortho intramolecular Hbond substituents is 1. The van der Waals surface area contributed by atoms with Crippen molar-refractivity contribution in [2.24, 2.45) is 0 Å². The van der Waals surface area contributed by atoms with Gasteiger partial charge in [-0.05, 0) is 45.4 Å². The average Bonchev–Trinajstić information content (AvgIpc) is 2.45. The molecule has 0 fully saturated rings. The van der Waals surface area contributed by atoms with Gasteiger partial charge in [0.15, 0.2) is 0 Å². The maximum absolute atomic E-state index is 11.9. The van der Waals surface area contributed by atoms with E-state index < -0.39 is 23.3 Å². The predicted molar refractivity (Wildman–Crippen MR) is 93.5 cm³/mol. The molecule has 0 aliphatic carbocycles. The number of hydrogen-bond donors (Lipinski definition) is 2. The first-order chi connectivity index (χ1) is 11.6. The molecule has 1 heterocycles. The van der Waals surface area contributed by atoms with Gasteiger partial charge < -0.3 is 19.4 Å². The van der Waals surface area contributed by atoms with Crippen LogP contribution in [0.3, 0.4) is 0 Å². The first-order valence-corrected chi connectivity index (χ1v) is 7.90. The summed E-state index contributed by atoms with van der Waals surface area (Å²) in [5.74, 6) is -0.659. The largest absolute Gasteiger partial charge is 0.508 e. The number of aromatic hydroxyl groups is 1. The summed E-state index contributed by atoms with van der Waals surface area (Å²) < 4.78 is 10.4. The lowest BCUT2D eigenvalue weighted by atomic mass is 9.94. The molecule has 1 aromatic heterocycles. The fraction of sp³-hybridized carbons (Fsp3) is 0.368. The van der Waals surface area contributed by atoms with Crippen molar-refractivity contribution in [3.05, 3.63) is 51.9 Å². The van der Waals surface area contributed by atoms with Gasteiger partial charge in [-0.1, -0.05) is 5.57 Å². The van der Waals surface area contributed by atoms with Crippen LogP contribution in [-0.2, 0) is 16.0 Å². The highest BCUT2D eigenvalue weighted by Crippen LogP contribution is 2.28. The van der Waals surface area contributed by atoms with Crippen LogP contribution in [0.25, 0.3) is 11.0 Å². The fourth-order valence-electron chi connectivity index (χ4n) is 2.36. The molecule has 0 saturated heterocycles. The van der Waals surface area contributed by atoms with Gasteiger partial charge in [0.05, 0.1) is 5.60 Å². The molecule has 2 rings (SSSR count). The van der Waals surface area contributed by atoms with Crippen LogP contribution in [0.5, 0.6) is 5.75 Å². The third-order valence-electron chi connectivity index (χ3n) is 3.68. The summed E-state index contributed by atoms with van der Waals surface area (Å²) in [6, 6.07) is 5.84. The van der Waals surface area contributed by atoms with Gasteiger partial charge in [-0.3, -0.25) is 0 Å². The number of ether oxygens (including phenoxy) is 1. The van der Waals surface area contributed by atoms with E-state index in [1.165, 1.54) is 32.1 Å². The van der Waals surface area contributed by atoms with Crippen molar-refractivity contribution in [3.8, 4) is 5.75 Å². The lowest BCUT2D eigenvalue weighted by Crippen LogP contribution is -2.41. The maximum atomic E-state index is 11.9. The molecule has 1 aromatic carbocycles. The first kappa shape index (κ1) is 18.7. The van der Waals surface area contributed by atoms with Crippen LogP contribution in [0.15, 0.2) is 45.1 Å². The summed E-state index contributed by atoms with van der Waals surface area (Å²) >= 11 is 0. The lowest BCUT2D eigenvalue weighted by molar-refractivity contribution is -0.155. The van der Waals surface area contributed by atoms with Crippen molar-refractivity contribution < 1.29 is 24.2 Å². The van der Waals surface area contributed by atoms with E-state index in [-0.39, 0.29) is 17.8 Å². The van der Waals surface area contributed by atoms with Gasteiger partial charge >= 0.3 is 11.6 Å². The van der Waals surface area contributed by atoms with E-state index in [0.717, 1.165) is 5.57 Å². The third-order valence-corrected chi connectivity index (χ3v) is 3.68. The molecule has 134 valence electrons. The number of carbonyl (C=O) groups excluding carboxylic acids is 1. The van der Waals surface area contributed by atoms with Crippen LogP contribution in [0, 0.1) is 0 Å². The highest BCUT2D eigenvalue weighted by molar-refractivity contribution is 5.83. The normalized spacial score (nSPS) is 12.7. The van der Waals surface area contributed by atoms with Crippen molar-refractivity contribution >= 4 is 16.9 Å². The number of fused-ring (bicyclic) bond motifs is 1. The van der Waals surface area contributed by atoms with Crippen molar-refractivity contribution in [2.45, 2.75) is 45.8 Å². The fourth-order valence-corrected chi connectivity index (χ4v) is 2.36. The first-order valence-electron chi connectivity index (χ1n) is 7.90. The zero-order chi connectivity index (χ0) is 18.8. The van der Waals surface area contributed by atoms with Crippen LogP contribution in [0.2, 0.25) is 0 Å². The van der Waals surface area contributed by atoms with Gasteiger partial charge in [0.25, 0.3) is 0 Å². The summed E-state index contributed by atoms with van der Waals surface area (Å²) in [6.45, 7) is 6.60. The molecule has 0 aliphatic heterocycles. The molecule has 25 heavy (non-hydrogen) atoms. The van der Waals surface area contributed by atoms with Gasteiger partial charge in [-0.25, -0.2) is 9.59 Å². The van der Waals surface area contributed by atoms with Crippen LogP contribution in [0.1, 0.15) is 33.3 Å². The Morgan fingerprint density at radius 3 is 2.60 bits per heavy atom. The van der Waals surface area contributed by atoms with E-state index in [9.17, 15) is 19.8 Å². The van der Waals surface area contributed by atoms with Crippen LogP contribution in [0.4, 0.5) is 0 Å². The standard InChI is InChI=1S/C19H22O6/c1-11(2)7-18(22)25-16(19(3,4)23)9-13-8-12-5-6-17(21)24-15(12)10-14(13)20/h5-8,10,16,20,23H,9H2,1-4H3. The molecule has 2 N–H and O–H groups in total. The Morgan fingerprint density at radius 2 is 2.00 bits per heavy atom. The quantitative estimate of drug-likeness (QED) is 0.491. The molecule has 6 nitrogen and oxygen atoms in total. The predicted octanol–water partition coefficient (Wildman–Crippen LogP) is 2.69. The number of esters is 1. The Kier molecular flexibility index (Phi) is 5.33. The SMILES string of the molecule is CC(C)=CC(=O)OC(Cc1cc2ccc(=O)oc2cc1O)C(C)(C)O. The summed E-state index contributed by atoms with van der Waals surface area (Å²) in [7, 11) is 0. The summed E-state index contributed by atoms with van der Waals surface area (Å²) in [5.41, 5.74) is -0.309. The second-order valence-electron chi connectivity index (χ2n) is 6.78. The number of aliphatic hydroxyl groups is 1. The molecule has 1 atom stereocenters. The molecule has 2 aromatic rings. The number of benzene rings is 1. The summed E-state index contributed by atoms with van der Waals surface area (Å²) in [6.07, 6.45) is 0.579. The number of allylic oxidation sites excluding steroid dienone is 1. The molecular formula is C19H22O6. The molecule has 1 unspecified atom stereocenters. The minimum Gasteiger partial charge on any atom is -0.508 e. The number of rotatable bonds is 5. The minimum absolute atomic E-state index is 0.102. The summed E-state index contributed by atoms with van der Waals surface area (Å²) in [4.78, 5) is 23.2. The molecule has 0 bridgehead atoms. The maximum Gasteiger partial charge on any atom is 0.336 e. The highest BCUT2D eigenvalue weighted by Gasteiger charge is 2.31. The van der Waals surface area contributed by atoms with Gasteiger partial charge in [0.2, 0.25) is 0 Å². The minimum atomic E-state index is -1.31. The van der Waals surface area contributed by atoms with Gasteiger partial charge in [-0.15, -0.1) is 0 Å². The Bertz CT molecular complexity index is 866. The van der Waals surface area contributed by atoms with Crippen molar-refractivity contribution in [1.82, 2.24) is 0 Å². The van der Waals surface area contributed by atoms with E-state index >= 15 is 0 Å². The second-order valence-corrected chi connectivity index (χ2v) is 6.78. The summed E-state index contributed by atoms with van der Waals surface area (Å²) in [5, 5.41) is 21.1. The highest BCUT2D eigenvalue weighted by atomic mass is 16.6. The molecule has 0 radical (unpaired) electrons. The topological polar surface area (TPSA) is 97.0 Å². The molecule has 0 spiro atoms. The smallest absolute Gasteiger partial charge is 0.336 e. The van der Waals surface area contributed by atoms with Gasteiger partial charge in [-0.2, -0.15) is 0 Å². The lowest BCUT2D eigenvalue weighted by Gasteiger charge is -2.29. The monoisotopic (exact) mass is 346 g/mol. The zero-order valence-corrected chi connectivity index (χ0v) is 14.7. The van der Waals surface area contributed by atoms with Crippen molar-refractivity contribution in [2.75, 3.05) is 0 Å². The van der Waals surface area contributed by atoms with Crippen LogP contribution >= 0.6 is 0 Å².